The fourth-order valence-electron chi connectivity index (χ4n) is 1.82. The zero-order chi connectivity index (χ0) is 15.1. The van der Waals surface area contributed by atoms with E-state index in [0.29, 0.717) is 16.7 Å². The topological polar surface area (TPSA) is 63.6 Å². The van der Waals surface area contributed by atoms with E-state index in [1.54, 1.807) is 18.2 Å². The van der Waals surface area contributed by atoms with E-state index in [0.717, 1.165) is 0 Å². The first kappa shape index (κ1) is 15.4. The van der Waals surface area contributed by atoms with E-state index in [1.807, 2.05) is 0 Å². The van der Waals surface area contributed by atoms with Gasteiger partial charge in [-0.2, -0.15) is 0 Å². The normalized spacial score (nSPS) is 11.2. The quantitative estimate of drug-likeness (QED) is 0.638. The number of carbonyl (C=O) groups is 2. The van der Waals surface area contributed by atoms with E-state index in [-0.39, 0.29) is 12.0 Å². The average molecular weight is 272 g/mol. The summed E-state index contributed by atoms with van der Waals surface area (Å²) >= 11 is 0. The first-order valence-electron chi connectivity index (χ1n) is 5.92. The second-order valence-corrected chi connectivity index (χ2v) is 3.95. The molecule has 0 unspecified atom stereocenters. The van der Waals surface area contributed by atoms with Crippen molar-refractivity contribution < 1.29 is 19.4 Å². The van der Waals surface area contributed by atoms with Crippen LogP contribution < -0.4 is 0 Å². The van der Waals surface area contributed by atoms with Gasteiger partial charge in [0.05, 0.1) is 19.1 Å². The van der Waals surface area contributed by atoms with Crippen molar-refractivity contribution in [2.24, 2.45) is 0 Å². The Morgan fingerprint density at radius 1 is 1.20 bits per heavy atom. The van der Waals surface area contributed by atoms with Crippen LogP contribution in [-0.4, -0.2) is 24.2 Å². The summed E-state index contributed by atoms with van der Waals surface area (Å²) in [6.45, 7) is 7.35. The van der Waals surface area contributed by atoms with Crippen LogP contribution in [0.3, 0.4) is 0 Å². The van der Waals surface area contributed by atoms with Gasteiger partial charge in [0.15, 0.2) is 0 Å². The molecule has 1 aromatic carbocycles. The van der Waals surface area contributed by atoms with Crippen LogP contribution >= 0.6 is 0 Å². The Labute approximate surface area is 117 Å². The molecule has 104 valence electrons. The smallest absolute Gasteiger partial charge is 0.336 e. The lowest BCUT2D eigenvalue weighted by Crippen LogP contribution is -2.05. The average Bonchev–Trinajstić information content (AvgIpc) is 2.46. The van der Waals surface area contributed by atoms with Crippen LogP contribution in [0.5, 0.6) is 0 Å². The van der Waals surface area contributed by atoms with Crippen LogP contribution in [0.25, 0.3) is 5.57 Å². The lowest BCUT2D eigenvalue weighted by atomic mass is 9.94. The molecular weight excluding hydrogens is 256 g/mol. The minimum atomic E-state index is -1.04. The number of hydrogen-bond acceptors (Lipinski definition) is 3. The zero-order valence-corrected chi connectivity index (χ0v) is 11.3. The number of benzene rings is 1. The molecule has 0 radical (unpaired) electrons. The van der Waals surface area contributed by atoms with Crippen molar-refractivity contribution in [3.63, 3.8) is 0 Å². The van der Waals surface area contributed by atoms with Gasteiger partial charge in [-0.1, -0.05) is 43.5 Å². The van der Waals surface area contributed by atoms with E-state index in [9.17, 15) is 14.7 Å². The second kappa shape index (κ2) is 7.09. The van der Waals surface area contributed by atoms with Crippen molar-refractivity contribution in [3.05, 3.63) is 66.3 Å². The van der Waals surface area contributed by atoms with E-state index in [2.05, 4.69) is 17.9 Å². The Morgan fingerprint density at radius 2 is 1.80 bits per heavy atom. The monoisotopic (exact) mass is 272 g/mol. The Morgan fingerprint density at radius 3 is 2.25 bits per heavy atom. The molecule has 4 heteroatoms. The predicted octanol–water partition coefficient (Wildman–Crippen LogP) is 3.07. The van der Waals surface area contributed by atoms with Crippen molar-refractivity contribution in [1.29, 1.82) is 0 Å². The van der Waals surface area contributed by atoms with Gasteiger partial charge in [-0.3, -0.25) is 4.79 Å². The number of allylic oxidation sites excluding steroid dienone is 3. The number of aromatic carboxylic acids is 1. The number of rotatable bonds is 6. The number of carboxylic acid groups (broad SMARTS) is 1. The Balaban J connectivity index is 3.43. The lowest BCUT2D eigenvalue weighted by molar-refractivity contribution is -0.139. The molecule has 1 aromatic rings. The van der Waals surface area contributed by atoms with Gasteiger partial charge in [-0.15, -0.1) is 0 Å². The van der Waals surface area contributed by atoms with Crippen LogP contribution in [0.2, 0.25) is 0 Å². The molecule has 1 rings (SSSR count). The molecule has 0 heterocycles. The van der Waals surface area contributed by atoms with Crippen LogP contribution in [0.1, 0.15) is 22.3 Å². The highest BCUT2D eigenvalue weighted by Gasteiger charge is 2.15. The first-order valence-corrected chi connectivity index (χ1v) is 5.92. The molecule has 0 saturated carbocycles. The molecular formula is C16H16O4. The fraction of sp³-hybridized carbons (Fsp3) is 0.125. The van der Waals surface area contributed by atoms with E-state index in [4.69, 9.17) is 0 Å². The molecule has 0 fully saturated rings. The maximum absolute atomic E-state index is 11.4. The van der Waals surface area contributed by atoms with E-state index in [1.165, 1.54) is 25.3 Å². The third-order valence-electron chi connectivity index (χ3n) is 2.81. The minimum Gasteiger partial charge on any atom is -0.478 e. The summed E-state index contributed by atoms with van der Waals surface area (Å²) < 4.78 is 4.62. The third-order valence-corrected chi connectivity index (χ3v) is 2.81. The van der Waals surface area contributed by atoms with Gasteiger partial charge < -0.3 is 9.84 Å². The van der Waals surface area contributed by atoms with E-state index >= 15 is 0 Å². The van der Waals surface area contributed by atoms with Gasteiger partial charge in [0.2, 0.25) is 0 Å². The van der Waals surface area contributed by atoms with Gasteiger partial charge in [-0.05, 0) is 22.8 Å². The number of ether oxygens (including phenoxy) is 1. The number of carbonyl (C=O) groups excluding carboxylic acids is 1. The maximum atomic E-state index is 11.4. The third kappa shape index (κ3) is 3.45. The largest absolute Gasteiger partial charge is 0.478 e. The SMILES string of the molecule is C=C/C(CC(=O)OC)=C(\C=C)c1ccccc1C(=O)O. The summed E-state index contributed by atoms with van der Waals surface area (Å²) in [6.07, 6.45) is 3.03. The van der Waals surface area contributed by atoms with Gasteiger partial charge in [0.1, 0.15) is 0 Å². The Bertz CT molecular complexity index is 582. The van der Waals surface area contributed by atoms with Gasteiger partial charge in [0, 0.05) is 0 Å². The minimum absolute atomic E-state index is 0.00923. The van der Waals surface area contributed by atoms with Crippen LogP contribution in [0, 0.1) is 0 Å². The van der Waals surface area contributed by atoms with Crippen molar-refractivity contribution >= 4 is 17.5 Å². The molecule has 0 spiro atoms. The summed E-state index contributed by atoms with van der Waals surface area (Å²) in [5.41, 5.74) is 1.77. The van der Waals surface area contributed by atoms with Gasteiger partial charge in [-0.25, -0.2) is 4.79 Å². The standard InChI is InChI=1S/C16H16O4/c1-4-11(10-15(17)20-3)12(5-2)13-8-6-7-9-14(13)16(18)19/h4-9H,1-2,10H2,3H3,(H,18,19)/b12-11-. The number of hydrogen-bond donors (Lipinski definition) is 1. The summed E-state index contributed by atoms with van der Waals surface area (Å²) in [5.74, 6) is -1.46. The number of methoxy groups -OCH3 is 1. The molecule has 20 heavy (non-hydrogen) atoms. The Kier molecular flexibility index (Phi) is 5.47. The van der Waals surface area contributed by atoms with Crippen molar-refractivity contribution in [2.45, 2.75) is 6.42 Å². The maximum Gasteiger partial charge on any atom is 0.336 e. The molecule has 0 aliphatic heterocycles. The summed E-state index contributed by atoms with van der Waals surface area (Å²) in [6, 6.07) is 6.53. The predicted molar refractivity (Wildman–Crippen MR) is 77.3 cm³/mol. The number of carboxylic acids is 1. The highest BCUT2D eigenvalue weighted by molar-refractivity contribution is 5.97. The lowest BCUT2D eigenvalue weighted by Gasteiger charge is -2.11. The van der Waals surface area contributed by atoms with E-state index < -0.39 is 11.9 Å². The molecule has 0 bridgehead atoms. The highest BCUT2D eigenvalue weighted by atomic mass is 16.5. The summed E-state index contributed by atoms with van der Waals surface area (Å²) in [5, 5.41) is 9.22. The summed E-state index contributed by atoms with van der Waals surface area (Å²) in [4.78, 5) is 22.7. The Hall–Kier alpha value is -2.62. The molecule has 0 aromatic heterocycles. The number of esters is 1. The van der Waals surface area contributed by atoms with Crippen LogP contribution in [-0.2, 0) is 9.53 Å². The zero-order valence-electron chi connectivity index (χ0n) is 11.3. The van der Waals surface area contributed by atoms with Crippen LogP contribution in [0.4, 0.5) is 0 Å². The van der Waals surface area contributed by atoms with Crippen molar-refractivity contribution in [3.8, 4) is 0 Å². The van der Waals surface area contributed by atoms with Crippen molar-refractivity contribution in [1.82, 2.24) is 0 Å². The van der Waals surface area contributed by atoms with Gasteiger partial charge >= 0.3 is 11.9 Å². The van der Waals surface area contributed by atoms with Crippen LogP contribution in [0.15, 0.2) is 55.1 Å². The van der Waals surface area contributed by atoms with Crippen molar-refractivity contribution in [2.75, 3.05) is 7.11 Å². The first-order chi connectivity index (χ1) is 9.54. The molecule has 4 nitrogen and oxygen atoms in total. The second-order valence-electron chi connectivity index (χ2n) is 3.95. The van der Waals surface area contributed by atoms with Gasteiger partial charge in [0.25, 0.3) is 0 Å². The molecule has 0 aliphatic rings. The molecule has 0 atom stereocenters. The molecule has 0 saturated heterocycles. The highest BCUT2D eigenvalue weighted by Crippen LogP contribution is 2.26. The molecule has 1 N–H and O–H groups in total. The molecule has 0 amide bonds. The summed E-state index contributed by atoms with van der Waals surface area (Å²) in [7, 11) is 1.29. The molecule has 0 aliphatic carbocycles. The fourth-order valence-corrected chi connectivity index (χ4v) is 1.82.